The van der Waals surface area contributed by atoms with E-state index in [1.807, 2.05) is 0 Å². The Bertz CT molecular complexity index is 393. The first-order valence-corrected chi connectivity index (χ1v) is 6.52. The number of halogens is 1. The zero-order valence-electron chi connectivity index (χ0n) is 8.80. The molecule has 2 aliphatic rings. The van der Waals surface area contributed by atoms with E-state index in [0.717, 1.165) is 24.1 Å². The molecule has 1 aromatic heterocycles. The second-order valence-corrected chi connectivity index (χ2v) is 5.52. The molecular weight excluding hydrogens is 254 g/mol. The van der Waals surface area contributed by atoms with E-state index >= 15 is 0 Å². The zero-order valence-corrected chi connectivity index (χ0v) is 10.4. The van der Waals surface area contributed by atoms with Gasteiger partial charge in [-0.05, 0) is 48.0 Å². The number of rotatable bonds is 2. The molecule has 0 spiro atoms. The molecule has 2 heterocycles. The van der Waals surface area contributed by atoms with Crippen molar-refractivity contribution < 1.29 is 0 Å². The minimum absolute atomic E-state index is 0.220. The molecule has 4 heteroatoms. The van der Waals surface area contributed by atoms with Crippen LogP contribution >= 0.6 is 15.9 Å². The average Bonchev–Trinajstić information content (AvgIpc) is 3.00. The maximum absolute atomic E-state index is 5.87. The summed E-state index contributed by atoms with van der Waals surface area (Å²) in [6, 6.07) is 0. The molecule has 1 saturated carbocycles. The topological polar surface area (TPSA) is 43.8 Å². The van der Waals surface area contributed by atoms with Gasteiger partial charge in [0.2, 0.25) is 0 Å². The summed E-state index contributed by atoms with van der Waals surface area (Å²) in [5.41, 5.74) is 7.48. The van der Waals surface area contributed by atoms with Crippen LogP contribution in [0.25, 0.3) is 0 Å². The Morgan fingerprint density at radius 3 is 2.87 bits per heavy atom. The predicted molar refractivity (Wildman–Crippen MR) is 62.8 cm³/mol. The highest BCUT2D eigenvalue weighted by Crippen LogP contribution is 2.48. The lowest BCUT2D eigenvalue weighted by Gasteiger charge is -2.20. The number of hydrogen-bond donors (Lipinski definition) is 1. The lowest BCUT2D eigenvalue weighted by atomic mass is 10.1. The molecule has 1 aliphatic carbocycles. The van der Waals surface area contributed by atoms with Crippen molar-refractivity contribution in [3.05, 3.63) is 16.1 Å². The number of nitrogens with zero attached hydrogens (tertiary/aromatic N) is 2. The first-order valence-electron chi connectivity index (χ1n) is 5.72. The number of imidazole rings is 1. The summed E-state index contributed by atoms with van der Waals surface area (Å²) < 4.78 is 3.46. The zero-order chi connectivity index (χ0) is 10.5. The van der Waals surface area contributed by atoms with Crippen molar-refractivity contribution in [2.75, 3.05) is 6.54 Å². The number of fused-ring (bicyclic) bond motifs is 1. The summed E-state index contributed by atoms with van der Waals surface area (Å²) >= 11 is 3.58. The van der Waals surface area contributed by atoms with E-state index in [4.69, 9.17) is 10.7 Å². The van der Waals surface area contributed by atoms with E-state index < -0.39 is 0 Å². The van der Waals surface area contributed by atoms with Gasteiger partial charge < -0.3 is 10.3 Å². The largest absolute Gasteiger partial charge is 0.330 e. The number of nitrogens with two attached hydrogens (primary N) is 1. The predicted octanol–water partition coefficient (Wildman–Crippen LogP) is 1.97. The summed E-state index contributed by atoms with van der Waals surface area (Å²) in [5, 5.41) is 0. The van der Waals surface area contributed by atoms with Gasteiger partial charge in [0.1, 0.15) is 10.4 Å². The van der Waals surface area contributed by atoms with Gasteiger partial charge in [-0.3, -0.25) is 0 Å². The fourth-order valence-electron chi connectivity index (χ4n) is 2.57. The normalized spacial score (nSPS) is 22.5. The minimum Gasteiger partial charge on any atom is -0.330 e. The third-order valence-electron chi connectivity index (χ3n) is 3.79. The van der Waals surface area contributed by atoms with Gasteiger partial charge in [-0.1, -0.05) is 0 Å². The smallest absolute Gasteiger partial charge is 0.127 e. The SMILES string of the molecule is NCC1(c2nc(Br)c3n2CCCC3)CC1. The average molecular weight is 270 g/mol. The van der Waals surface area contributed by atoms with E-state index in [1.165, 1.54) is 37.2 Å². The summed E-state index contributed by atoms with van der Waals surface area (Å²) in [4.78, 5) is 4.70. The van der Waals surface area contributed by atoms with Crippen LogP contribution in [0.15, 0.2) is 4.60 Å². The first-order chi connectivity index (χ1) is 7.27. The van der Waals surface area contributed by atoms with Crippen LogP contribution in [0.1, 0.15) is 37.2 Å². The minimum atomic E-state index is 0.220. The Morgan fingerprint density at radius 2 is 2.20 bits per heavy atom. The number of aromatic nitrogens is 2. The monoisotopic (exact) mass is 269 g/mol. The Balaban J connectivity index is 2.08. The quantitative estimate of drug-likeness (QED) is 0.893. The number of hydrogen-bond acceptors (Lipinski definition) is 2. The second kappa shape index (κ2) is 3.32. The Labute approximate surface area is 98.2 Å². The van der Waals surface area contributed by atoms with Crippen molar-refractivity contribution in [1.82, 2.24) is 9.55 Å². The van der Waals surface area contributed by atoms with Gasteiger partial charge >= 0.3 is 0 Å². The molecule has 0 aromatic carbocycles. The van der Waals surface area contributed by atoms with Crippen molar-refractivity contribution in [1.29, 1.82) is 0 Å². The summed E-state index contributed by atoms with van der Waals surface area (Å²) in [6.07, 6.45) is 6.16. The van der Waals surface area contributed by atoms with Crippen molar-refractivity contribution in [3.8, 4) is 0 Å². The van der Waals surface area contributed by atoms with E-state index in [1.54, 1.807) is 0 Å². The molecular formula is C11H16BrN3. The molecule has 0 unspecified atom stereocenters. The van der Waals surface area contributed by atoms with Crippen LogP contribution in [0.4, 0.5) is 0 Å². The van der Waals surface area contributed by atoms with Crippen LogP contribution in [0.2, 0.25) is 0 Å². The molecule has 0 radical (unpaired) electrons. The molecule has 0 saturated heterocycles. The van der Waals surface area contributed by atoms with Gasteiger partial charge in [0, 0.05) is 18.5 Å². The van der Waals surface area contributed by atoms with Crippen LogP contribution in [0, 0.1) is 0 Å². The van der Waals surface area contributed by atoms with Crippen molar-refractivity contribution >= 4 is 15.9 Å². The molecule has 82 valence electrons. The van der Waals surface area contributed by atoms with E-state index in [-0.39, 0.29) is 5.41 Å². The lowest BCUT2D eigenvalue weighted by molar-refractivity contribution is 0.486. The van der Waals surface area contributed by atoms with Crippen molar-refractivity contribution in [3.63, 3.8) is 0 Å². The molecule has 3 nitrogen and oxygen atoms in total. The fourth-order valence-corrected chi connectivity index (χ4v) is 3.15. The highest BCUT2D eigenvalue weighted by atomic mass is 79.9. The molecule has 2 N–H and O–H groups in total. The molecule has 1 aromatic rings. The molecule has 1 fully saturated rings. The molecule has 3 rings (SSSR count). The van der Waals surface area contributed by atoms with Crippen LogP contribution in [0.3, 0.4) is 0 Å². The highest BCUT2D eigenvalue weighted by molar-refractivity contribution is 9.10. The summed E-state index contributed by atoms with van der Waals surface area (Å²) in [5.74, 6) is 1.24. The Kier molecular flexibility index (Phi) is 2.18. The maximum Gasteiger partial charge on any atom is 0.127 e. The summed E-state index contributed by atoms with van der Waals surface area (Å²) in [7, 11) is 0. The van der Waals surface area contributed by atoms with Gasteiger partial charge in [-0.15, -0.1) is 0 Å². The van der Waals surface area contributed by atoms with Gasteiger partial charge in [0.15, 0.2) is 0 Å². The fraction of sp³-hybridized carbons (Fsp3) is 0.727. The van der Waals surface area contributed by atoms with Gasteiger partial charge in [-0.2, -0.15) is 0 Å². The maximum atomic E-state index is 5.87. The van der Waals surface area contributed by atoms with Crippen LogP contribution < -0.4 is 5.73 Å². The highest BCUT2D eigenvalue weighted by Gasteiger charge is 2.47. The van der Waals surface area contributed by atoms with Crippen molar-refractivity contribution in [2.24, 2.45) is 5.73 Å². The Hall–Kier alpha value is -0.350. The van der Waals surface area contributed by atoms with E-state index in [2.05, 4.69) is 20.5 Å². The molecule has 15 heavy (non-hydrogen) atoms. The third-order valence-corrected chi connectivity index (χ3v) is 4.42. The molecule has 0 bridgehead atoms. The first kappa shape index (κ1) is 9.85. The standard InChI is InChI=1S/C11H16BrN3/c12-9-8-3-1-2-6-15(8)10(14-9)11(7-13)4-5-11/h1-7,13H2. The van der Waals surface area contributed by atoms with Gasteiger partial charge in [-0.25, -0.2) is 4.98 Å². The summed E-state index contributed by atoms with van der Waals surface area (Å²) in [6.45, 7) is 1.88. The molecule has 0 amide bonds. The van der Waals surface area contributed by atoms with E-state index in [9.17, 15) is 0 Å². The van der Waals surface area contributed by atoms with Crippen LogP contribution in [0.5, 0.6) is 0 Å². The molecule has 1 aliphatic heterocycles. The van der Waals surface area contributed by atoms with E-state index in [0.29, 0.717) is 0 Å². The lowest BCUT2D eigenvalue weighted by Crippen LogP contribution is -2.26. The third kappa shape index (κ3) is 1.38. The Morgan fingerprint density at radius 1 is 1.40 bits per heavy atom. The van der Waals surface area contributed by atoms with Crippen molar-refractivity contribution in [2.45, 2.75) is 44.1 Å². The van der Waals surface area contributed by atoms with Crippen LogP contribution in [-0.2, 0) is 18.4 Å². The molecule has 0 atom stereocenters. The second-order valence-electron chi connectivity index (χ2n) is 4.77. The van der Waals surface area contributed by atoms with Gasteiger partial charge in [0.05, 0.1) is 5.69 Å². The van der Waals surface area contributed by atoms with Gasteiger partial charge in [0.25, 0.3) is 0 Å². The van der Waals surface area contributed by atoms with Crippen LogP contribution in [-0.4, -0.2) is 16.1 Å².